The summed E-state index contributed by atoms with van der Waals surface area (Å²) in [4.78, 5) is 24.1. The van der Waals surface area contributed by atoms with E-state index in [1.165, 1.54) is 4.90 Å². The van der Waals surface area contributed by atoms with Gasteiger partial charge in [0, 0.05) is 0 Å². The van der Waals surface area contributed by atoms with Crippen LogP contribution in [0.1, 0.15) is 13.8 Å². The van der Waals surface area contributed by atoms with Gasteiger partial charge in [-0.15, -0.1) is 0 Å². The fourth-order valence-corrected chi connectivity index (χ4v) is 5.80. The third kappa shape index (κ3) is 1.23. The van der Waals surface area contributed by atoms with Crippen LogP contribution in [-0.4, -0.2) is 45.5 Å². The Bertz CT molecular complexity index is 422. The lowest BCUT2D eigenvalue weighted by molar-refractivity contribution is -0.157. The van der Waals surface area contributed by atoms with E-state index < -0.39 is 36.2 Å². The Kier molecular flexibility index (Phi) is 2.57. The van der Waals surface area contributed by atoms with E-state index in [2.05, 4.69) is 31.9 Å². The maximum Gasteiger partial charge on any atom is 0.328 e. The van der Waals surface area contributed by atoms with Crippen molar-refractivity contribution in [2.24, 2.45) is 0 Å². The van der Waals surface area contributed by atoms with Gasteiger partial charge < -0.3 is 10.0 Å². The number of hydrogen-bond donors (Lipinski definition) is 1. The predicted octanol–water partition coefficient (Wildman–Crippen LogP) is 0.635. The lowest BCUT2D eigenvalue weighted by Gasteiger charge is -2.45. The van der Waals surface area contributed by atoms with Crippen LogP contribution in [-0.2, 0) is 20.4 Å². The second-order valence-electron chi connectivity index (χ2n) is 4.33. The van der Waals surface area contributed by atoms with E-state index in [1.807, 2.05) is 0 Å². The molecule has 0 bridgehead atoms. The normalized spacial score (nSPS) is 39.1. The minimum absolute atomic E-state index is 0.385. The van der Waals surface area contributed by atoms with Crippen LogP contribution < -0.4 is 0 Å². The van der Waals surface area contributed by atoms with Gasteiger partial charge in [0.2, 0.25) is 0 Å². The quantitative estimate of drug-likeness (QED) is 0.539. The number of alkyl halides is 2. The first-order valence-corrected chi connectivity index (χ1v) is 7.27. The van der Waals surface area contributed by atoms with Gasteiger partial charge in [-0.1, -0.05) is 31.9 Å². The lowest BCUT2D eigenvalue weighted by Crippen LogP contribution is -2.69. The van der Waals surface area contributed by atoms with Crippen LogP contribution in [0.25, 0.3) is 0 Å². The fourth-order valence-electron chi connectivity index (χ4n) is 2.13. The SMILES string of the molecule is CC1(C)C(C(=O)O)N2C(=O)C(Br)(Br)C2S1=O. The van der Waals surface area contributed by atoms with Crippen molar-refractivity contribution in [1.29, 1.82) is 0 Å². The van der Waals surface area contributed by atoms with E-state index in [0.29, 0.717) is 0 Å². The zero-order valence-corrected chi connectivity index (χ0v) is 12.4. The van der Waals surface area contributed by atoms with Gasteiger partial charge in [-0.05, 0) is 13.8 Å². The van der Waals surface area contributed by atoms with Crippen LogP contribution in [0, 0.1) is 0 Å². The molecule has 3 atom stereocenters. The van der Waals surface area contributed by atoms with Crippen LogP contribution in [0.3, 0.4) is 0 Å². The van der Waals surface area contributed by atoms with Crippen molar-refractivity contribution in [3.05, 3.63) is 0 Å². The van der Waals surface area contributed by atoms with Gasteiger partial charge in [0.1, 0.15) is 11.4 Å². The first-order valence-electron chi connectivity index (χ1n) is 4.47. The van der Waals surface area contributed by atoms with E-state index in [0.717, 1.165) is 0 Å². The molecule has 1 N–H and O–H groups in total. The molecule has 0 aliphatic carbocycles. The van der Waals surface area contributed by atoms with Crippen molar-refractivity contribution in [2.45, 2.75) is 33.2 Å². The fraction of sp³-hybridized carbons (Fsp3) is 0.750. The maximum absolute atomic E-state index is 12.2. The first-order chi connectivity index (χ1) is 7.13. The molecule has 0 spiro atoms. The zero-order valence-electron chi connectivity index (χ0n) is 8.44. The maximum atomic E-state index is 12.2. The summed E-state index contributed by atoms with van der Waals surface area (Å²) in [6, 6.07) is -1.03. The summed E-state index contributed by atoms with van der Waals surface area (Å²) in [5.74, 6) is -1.51. The van der Waals surface area contributed by atoms with E-state index in [-0.39, 0.29) is 5.91 Å². The molecule has 90 valence electrons. The molecule has 2 aliphatic rings. The second kappa shape index (κ2) is 3.29. The Morgan fingerprint density at radius 1 is 1.50 bits per heavy atom. The van der Waals surface area contributed by atoms with E-state index in [9.17, 15) is 13.8 Å². The molecule has 0 aromatic carbocycles. The summed E-state index contributed by atoms with van der Waals surface area (Å²) < 4.78 is 10.1. The van der Waals surface area contributed by atoms with E-state index in [1.54, 1.807) is 13.8 Å². The number of nitrogens with zero attached hydrogens (tertiary/aromatic N) is 1. The van der Waals surface area contributed by atoms with Crippen molar-refractivity contribution in [2.75, 3.05) is 0 Å². The Morgan fingerprint density at radius 3 is 2.44 bits per heavy atom. The van der Waals surface area contributed by atoms with Crippen LogP contribution >= 0.6 is 31.9 Å². The van der Waals surface area contributed by atoms with Gasteiger partial charge in [0.25, 0.3) is 5.91 Å². The van der Waals surface area contributed by atoms with Crippen LogP contribution in [0.15, 0.2) is 0 Å². The zero-order chi connectivity index (χ0) is 12.5. The standard InChI is InChI=1S/C8H9Br2NO4S/c1-7(2)3(4(12)13)11-5(14)8(9,10)6(11)16(7)15/h3,6H,1-2H3,(H,12,13). The number of carboxylic acids is 1. The number of carbonyl (C=O) groups excluding carboxylic acids is 1. The monoisotopic (exact) mass is 373 g/mol. The molecule has 0 saturated carbocycles. The number of fused-ring (bicyclic) bond motifs is 1. The molecule has 3 unspecified atom stereocenters. The van der Waals surface area contributed by atoms with Gasteiger partial charge >= 0.3 is 5.97 Å². The average Bonchev–Trinajstić information content (AvgIpc) is 2.33. The molecule has 2 rings (SSSR count). The molecule has 2 fully saturated rings. The summed E-state index contributed by atoms with van der Waals surface area (Å²) >= 11 is 6.29. The van der Waals surface area contributed by atoms with Crippen LogP contribution in [0.5, 0.6) is 0 Å². The molecule has 5 nitrogen and oxygen atoms in total. The number of halogens is 2. The Balaban J connectivity index is 2.50. The number of rotatable bonds is 1. The number of aliphatic carboxylic acids is 1. The minimum atomic E-state index is -1.43. The Morgan fingerprint density at radius 2 is 2.00 bits per heavy atom. The molecular formula is C8H9Br2NO4S. The molecular weight excluding hydrogens is 366 g/mol. The third-order valence-corrected chi connectivity index (χ3v) is 7.37. The number of carboxylic acid groups (broad SMARTS) is 1. The van der Waals surface area contributed by atoms with Crippen LogP contribution in [0.4, 0.5) is 0 Å². The number of hydrogen-bond acceptors (Lipinski definition) is 3. The molecule has 16 heavy (non-hydrogen) atoms. The summed E-state index contributed by atoms with van der Waals surface area (Å²) in [6.45, 7) is 3.20. The second-order valence-corrected chi connectivity index (χ2v) is 9.99. The summed E-state index contributed by atoms with van der Waals surface area (Å²) in [5.41, 5.74) is 0. The Labute approximate surface area is 111 Å². The summed E-state index contributed by atoms with van der Waals surface area (Å²) in [6.07, 6.45) is 0. The number of β-lactam (4-membered cyclic amide) rings is 1. The van der Waals surface area contributed by atoms with Gasteiger partial charge in [0.15, 0.2) is 3.23 Å². The smallest absolute Gasteiger partial charge is 0.328 e. The van der Waals surface area contributed by atoms with Gasteiger partial charge in [-0.2, -0.15) is 0 Å². The highest BCUT2D eigenvalue weighted by Gasteiger charge is 2.73. The molecule has 2 aliphatic heterocycles. The van der Waals surface area contributed by atoms with Crippen molar-refractivity contribution in [3.63, 3.8) is 0 Å². The minimum Gasteiger partial charge on any atom is -0.480 e. The lowest BCUT2D eigenvalue weighted by atomic mass is 9.98. The van der Waals surface area contributed by atoms with Gasteiger partial charge in [-0.25, -0.2) is 4.79 Å². The topological polar surface area (TPSA) is 74.7 Å². The highest BCUT2D eigenvalue weighted by molar-refractivity contribution is 9.26. The van der Waals surface area contributed by atoms with Crippen molar-refractivity contribution in [3.8, 4) is 0 Å². The average molecular weight is 375 g/mol. The highest BCUT2D eigenvalue weighted by Crippen LogP contribution is 2.54. The predicted molar refractivity (Wildman–Crippen MR) is 64.9 cm³/mol. The van der Waals surface area contributed by atoms with Crippen molar-refractivity contribution < 1.29 is 18.9 Å². The molecule has 1 amide bonds. The first kappa shape index (κ1) is 12.5. The Hall–Kier alpha value is 0.0500. The van der Waals surface area contributed by atoms with Gasteiger partial charge in [0.05, 0.1) is 15.5 Å². The number of amides is 1. The summed E-state index contributed by atoms with van der Waals surface area (Å²) in [7, 11) is -1.43. The van der Waals surface area contributed by atoms with E-state index >= 15 is 0 Å². The largest absolute Gasteiger partial charge is 0.480 e. The van der Waals surface area contributed by atoms with E-state index in [4.69, 9.17) is 5.11 Å². The molecule has 2 heterocycles. The van der Waals surface area contributed by atoms with Crippen molar-refractivity contribution >= 4 is 54.5 Å². The number of carbonyl (C=O) groups is 2. The molecule has 8 heteroatoms. The summed E-state index contributed by atoms with van der Waals surface area (Å²) in [5, 5.41) is 8.49. The molecule has 2 saturated heterocycles. The van der Waals surface area contributed by atoms with Crippen molar-refractivity contribution in [1.82, 2.24) is 4.90 Å². The molecule has 0 aromatic rings. The van der Waals surface area contributed by atoms with Gasteiger partial charge in [-0.3, -0.25) is 9.00 Å². The molecule has 0 radical (unpaired) electrons. The molecule has 0 aromatic heterocycles. The van der Waals surface area contributed by atoms with Crippen LogP contribution in [0.2, 0.25) is 0 Å². The highest BCUT2D eigenvalue weighted by atomic mass is 79.9. The third-order valence-electron chi connectivity index (χ3n) is 2.97.